The average molecular weight is 203 g/mol. The number of ether oxygens (including phenoxy) is 2. The van der Waals surface area contributed by atoms with Crippen molar-refractivity contribution in [1.82, 2.24) is 0 Å². The fourth-order valence-corrected chi connectivity index (χ4v) is 0.535. The van der Waals surface area contributed by atoms with Gasteiger partial charge >= 0.3 is 16.1 Å². The number of halogens is 2. The number of thiocarbonyl (C=S) groups is 1. The van der Waals surface area contributed by atoms with E-state index in [0.29, 0.717) is 0 Å². The first-order valence-corrected chi connectivity index (χ1v) is 2.97. The van der Waals surface area contributed by atoms with Gasteiger partial charge in [-0.15, -0.1) is 0 Å². The van der Waals surface area contributed by atoms with Crippen LogP contribution in [0.1, 0.15) is 0 Å². The van der Waals surface area contributed by atoms with Crippen molar-refractivity contribution in [2.75, 3.05) is 0 Å². The lowest BCUT2D eigenvalue weighted by molar-refractivity contribution is 0.193. The molecule has 0 aromatic heterocycles. The van der Waals surface area contributed by atoms with Crippen LogP contribution in [0.2, 0.25) is 0 Å². The van der Waals surface area contributed by atoms with Gasteiger partial charge < -0.3 is 9.47 Å². The van der Waals surface area contributed by atoms with Crippen molar-refractivity contribution in [3.05, 3.63) is 0 Å². The first kappa shape index (κ1) is 9.61. The zero-order chi connectivity index (χ0) is 8.15. The summed E-state index contributed by atoms with van der Waals surface area (Å²) >= 11 is 13.5. The summed E-state index contributed by atoms with van der Waals surface area (Å²) in [6, 6.07) is 0. The van der Waals surface area contributed by atoms with E-state index in [2.05, 4.69) is 44.9 Å². The van der Waals surface area contributed by atoms with Gasteiger partial charge in [0.2, 0.25) is 0 Å². The highest BCUT2D eigenvalue weighted by atomic mass is 35.5. The number of hydrogen-bond donors (Lipinski definition) is 0. The number of rotatable bonds is 0. The molecule has 7 heteroatoms. The predicted molar refractivity (Wildman–Crippen MR) is 37.3 cm³/mol. The van der Waals surface area contributed by atoms with Gasteiger partial charge in [-0.3, -0.25) is 0 Å². The lowest BCUT2D eigenvalue weighted by Crippen LogP contribution is -2.09. The van der Waals surface area contributed by atoms with Crippen LogP contribution in [0.3, 0.4) is 0 Å². The topological polar surface area (TPSA) is 52.6 Å². The molecule has 0 saturated carbocycles. The molecule has 0 aliphatic heterocycles. The summed E-state index contributed by atoms with van der Waals surface area (Å²) in [5, 5.41) is -0.722. The monoisotopic (exact) mass is 202 g/mol. The van der Waals surface area contributed by atoms with E-state index >= 15 is 0 Å². The Morgan fingerprint density at radius 2 is 1.40 bits per heavy atom. The standard InChI is InChI=1S/C3Cl2O4S/c4-1(6)8-3(10)9-2(5)7. The Morgan fingerprint density at radius 3 is 1.60 bits per heavy atom. The molecule has 0 radical (unpaired) electrons. The fraction of sp³-hybridized carbons (Fsp3) is 0. The normalized spacial score (nSPS) is 8.20. The van der Waals surface area contributed by atoms with Crippen molar-refractivity contribution in [1.29, 1.82) is 0 Å². The molecule has 0 aliphatic carbocycles. The van der Waals surface area contributed by atoms with E-state index in [1.54, 1.807) is 0 Å². The van der Waals surface area contributed by atoms with Crippen molar-refractivity contribution in [2.45, 2.75) is 0 Å². The highest BCUT2D eigenvalue weighted by Gasteiger charge is 2.07. The van der Waals surface area contributed by atoms with E-state index in [1.165, 1.54) is 0 Å². The molecule has 0 aromatic carbocycles. The van der Waals surface area contributed by atoms with Crippen LogP contribution >= 0.6 is 35.4 Å². The molecule has 10 heavy (non-hydrogen) atoms. The largest absolute Gasteiger partial charge is 0.412 e. The second kappa shape index (κ2) is 4.43. The summed E-state index contributed by atoms with van der Waals surface area (Å²) in [4.78, 5) is 19.7. The summed E-state index contributed by atoms with van der Waals surface area (Å²) in [5.41, 5.74) is -2.38. The quantitative estimate of drug-likeness (QED) is 0.445. The van der Waals surface area contributed by atoms with E-state index in [-0.39, 0.29) is 0 Å². The van der Waals surface area contributed by atoms with E-state index < -0.39 is 16.1 Å². The smallest absolute Gasteiger partial charge is 0.371 e. The van der Waals surface area contributed by atoms with E-state index in [4.69, 9.17) is 0 Å². The third-order valence-electron chi connectivity index (χ3n) is 0.327. The third kappa shape index (κ3) is 5.74. The van der Waals surface area contributed by atoms with E-state index in [0.717, 1.165) is 0 Å². The fourth-order valence-electron chi connectivity index (χ4n) is 0.152. The van der Waals surface area contributed by atoms with Gasteiger partial charge in [-0.1, -0.05) is 0 Å². The molecule has 4 nitrogen and oxygen atoms in total. The van der Waals surface area contributed by atoms with Crippen LogP contribution in [-0.4, -0.2) is 16.1 Å². The molecule has 0 unspecified atom stereocenters. The van der Waals surface area contributed by atoms with Gasteiger partial charge in [0.1, 0.15) is 0 Å². The van der Waals surface area contributed by atoms with Crippen LogP contribution in [0, 0.1) is 0 Å². The van der Waals surface area contributed by atoms with Gasteiger partial charge in [0.15, 0.2) is 0 Å². The summed E-state index contributed by atoms with van der Waals surface area (Å²) in [7, 11) is 0. The van der Waals surface area contributed by atoms with Gasteiger partial charge in [0, 0.05) is 35.4 Å². The molecule has 0 spiro atoms. The number of hydrogen-bond acceptors (Lipinski definition) is 5. The molecule has 0 bridgehead atoms. The van der Waals surface area contributed by atoms with Gasteiger partial charge in [-0.05, 0) is 0 Å². The number of carbonyl (C=O) groups excluding carboxylic acids is 2. The maximum Gasteiger partial charge on any atom is 0.412 e. The molecule has 0 atom stereocenters. The lowest BCUT2D eigenvalue weighted by Gasteiger charge is -1.96. The maximum absolute atomic E-state index is 9.86. The minimum absolute atomic E-state index is 0.722. The van der Waals surface area contributed by atoms with Crippen LogP contribution in [0.15, 0.2) is 0 Å². The second-order valence-corrected chi connectivity index (χ2v) is 1.88. The summed E-state index contributed by atoms with van der Waals surface area (Å²) in [5.74, 6) is 0. The summed E-state index contributed by atoms with van der Waals surface area (Å²) in [6.45, 7) is 0. The molecule has 0 N–H and O–H groups in total. The van der Waals surface area contributed by atoms with Crippen LogP contribution in [-0.2, 0) is 9.47 Å². The number of carbonyl (C=O) groups is 2. The molecule has 0 amide bonds. The molecule has 0 fully saturated rings. The Morgan fingerprint density at radius 1 is 1.10 bits per heavy atom. The van der Waals surface area contributed by atoms with Gasteiger partial charge in [-0.25, -0.2) is 9.59 Å². The van der Waals surface area contributed by atoms with E-state index in [9.17, 15) is 9.59 Å². The predicted octanol–water partition coefficient (Wildman–Crippen LogP) is 2.02. The Bertz CT molecular complexity index is 161. The SMILES string of the molecule is O=C(Cl)OC(=S)OC(=O)Cl. The summed E-state index contributed by atoms with van der Waals surface area (Å²) in [6.07, 6.45) is 0. The first-order valence-electron chi connectivity index (χ1n) is 1.81. The molecule has 0 aromatic rings. The third-order valence-corrected chi connectivity index (χ3v) is 0.648. The first-order chi connectivity index (χ1) is 4.52. The van der Waals surface area contributed by atoms with Crippen molar-refractivity contribution in [2.24, 2.45) is 0 Å². The summed E-state index contributed by atoms with van der Waals surface area (Å²) < 4.78 is 7.78. The maximum atomic E-state index is 9.86. The zero-order valence-electron chi connectivity index (χ0n) is 4.30. The van der Waals surface area contributed by atoms with Crippen LogP contribution < -0.4 is 0 Å². The highest BCUT2D eigenvalue weighted by molar-refractivity contribution is 7.79. The zero-order valence-corrected chi connectivity index (χ0v) is 6.63. The van der Waals surface area contributed by atoms with E-state index in [1.807, 2.05) is 0 Å². The average Bonchev–Trinajstić information content (AvgIpc) is 1.58. The van der Waals surface area contributed by atoms with Gasteiger partial charge in [0.05, 0.1) is 0 Å². The van der Waals surface area contributed by atoms with Crippen molar-refractivity contribution in [3.8, 4) is 0 Å². The van der Waals surface area contributed by atoms with Gasteiger partial charge in [-0.2, -0.15) is 0 Å². The molecular weight excluding hydrogens is 203 g/mol. The molecule has 56 valence electrons. The van der Waals surface area contributed by atoms with Crippen LogP contribution in [0.4, 0.5) is 9.59 Å². The minimum atomic E-state index is -1.19. The molecule has 0 aliphatic rings. The second-order valence-electron chi connectivity index (χ2n) is 0.929. The molecule has 0 saturated heterocycles. The Balaban J connectivity index is 3.65. The van der Waals surface area contributed by atoms with Crippen LogP contribution in [0.5, 0.6) is 0 Å². The highest BCUT2D eigenvalue weighted by Crippen LogP contribution is 1.95. The molecular formula is C3Cl2O4S. The van der Waals surface area contributed by atoms with Crippen molar-refractivity contribution in [3.63, 3.8) is 0 Å². The molecule has 0 rings (SSSR count). The molecule has 0 heterocycles. The van der Waals surface area contributed by atoms with Gasteiger partial charge in [0.25, 0.3) is 0 Å². The Kier molecular flexibility index (Phi) is 4.26. The Hall–Kier alpha value is -0.390. The lowest BCUT2D eigenvalue weighted by atomic mass is 11.3. The van der Waals surface area contributed by atoms with Crippen molar-refractivity contribution < 1.29 is 19.1 Å². The Labute approximate surface area is 71.0 Å². The van der Waals surface area contributed by atoms with Crippen molar-refractivity contribution >= 4 is 51.5 Å². The van der Waals surface area contributed by atoms with Crippen LogP contribution in [0.25, 0.3) is 0 Å². The minimum Gasteiger partial charge on any atom is -0.371 e.